The molecule has 0 aliphatic rings. The highest BCUT2D eigenvalue weighted by Crippen LogP contribution is 2.25. The van der Waals surface area contributed by atoms with Gasteiger partial charge >= 0.3 is 0 Å². The Morgan fingerprint density at radius 3 is 2.56 bits per heavy atom. The SMILES string of the molecule is CCc1nc2ccc(Br)cc2c(=O)n1N=Cc1cn(Cc2cccc3ccccc23)c2ccccc12. The van der Waals surface area contributed by atoms with Crippen molar-refractivity contribution >= 4 is 54.7 Å². The van der Waals surface area contributed by atoms with E-state index in [-0.39, 0.29) is 5.56 Å². The largest absolute Gasteiger partial charge is 0.342 e. The molecule has 6 rings (SSSR count). The lowest BCUT2D eigenvalue weighted by Crippen LogP contribution is -2.22. The number of benzene rings is 4. The zero-order chi connectivity index (χ0) is 24.6. The van der Waals surface area contributed by atoms with Gasteiger partial charge in [-0.3, -0.25) is 4.79 Å². The lowest BCUT2D eigenvalue weighted by atomic mass is 10.0. The smallest absolute Gasteiger partial charge is 0.282 e. The zero-order valence-electron chi connectivity index (χ0n) is 19.7. The Balaban J connectivity index is 1.45. The summed E-state index contributed by atoms with van der Waals surface area (Å²) in [4.78, 5) is 18.0. The zero-order valence-corrected chi connectivity index (χ0v) is 21.3. The summed E-state index contributed by atoms with van der Waals surface area (Å²) < 4.78 is 4.51. The molecule has 176 valence electrons. The van der Waals surface area contributed by atoms with Crippen LogP contribution in [0.25, 0.3) is 32.6 Å². The maximum atomic E-state index is 13.3. The van der Waals surface area contributed by atoms with Crippen molar-refractivity contribution in [1.29, 1.82) is 0 Å². The number of para-hydroxylation sites is 1. The van der Waals surface area contributed by atoms with Crippen LogP contribution in [0, 0.1) is 0 Å². The minimum absolute atomic E-state index is 0.172. The molecule has 0 saturated heterocycles. The Morgan fingerprint density at radius 1 is 0.917 bits per heavy atom. The quantitative estimate of drug-likeness (QED) is 0.229. The predicted molar refractivity (Wildman–Crippen MR) is 151 cm³/mol. The molecule has 0 N–H and O–H groups in total. The molecule has 0 saturated carbocycles. The van der Waals surface area contributed by atoms with Gasteiger partial charge in [-0.15, -0.1) is 0 Å². The number of aromatic nitrogens is 3. The van der Waals surface area contributed by atoms with Crippen molar-refractivity contribution in [2.24, 2.45) is 5.10 Å². The third-order valence-electron chi connectivity index (χ3n) is 6.54. The Bertz CT molecular complexity index is 1840. The molecule has 0 aliphatic heterocycles. The van der Waals surface area contributed by atoms with E-state index in [1.165, 1.54) is 21.0 Å². The molecule has 4 aromatic carbocycles. The van der Waals surface area contributed by atoms with Crippen LogP contribution in [0.3, 0.4) is 0 Å². The van der Waals surface area contributed by atoms with Crippen molar-refractivity contribution in [1.82, 2.24) is 14.2 Å². The Hall–Kier alpha value is -4.03. The summed E-state index contributed by atoms with van der Waals surface area (Å²) in [5, 5.41) is 8.74. The molecule has 0 unspecified atom stereocenters. The molecule has 2 heterocycles. The second-order valence-electron chi connectivity index (χ2n) is 8.77. The van der Waals surface area contributed by atoms with Gasteiger partial charge in [0.25, 0.3) is 5.56 Å². The number of hydrogen-bond donors (Lipinski definition) is 0. The van der Waals surface area contributed by atoms with Crippen LogP contribution < -0.4 is 5.56 Å². The molecule has 0 bridgehead atoms. The van der Waals surface area contributed by atoms with Gasteiger partial charge in [0.15, 0.2) is 0 Å². The van der Waals surface area contributed by atoms with Gasteiger partial charge in [0.1, 0.15) is 5.82 Å². The molecule has 0 radical (unpaired) electrons. The van der Waals surface area contributed by atoms with Crippen LogP contribution in [0.15, 0.2) is 105 Å². The van der Waals surface area contributed by atoms with E-state index in [4.69, 9.17) is 0 Å². The Morgan fingerprint density at radius 2 is 1.69 bits per heavy atom. The normalized spacial score (nSPS) is 11.8. The van der Waals surface area contributed by atoms with Gasteiger partial charge < -0.3 is 4.57 Å². The summed E-state index contributed by atoms with van der Waals surface area (Å²) in [6.07, 6.45) is 4.48. The predicted octanol–water partition coefficient (Wildman–Crippen LogP) is 6.76. The summed E-state index contributed by atoms with van der Waals surface area (Å²) in [6.45, 7) is 2.72. The minimum atomic E-state index is -0.172. The molecule has 0 fully saturated rings. The first-order chi connectivity index (χ1) is 17.6. The summed E-state index contributed by atoms with van der Waals surface area (Å²) in [5.74, 6) is 0.630. The standard InChI is InChI=1S/C30H23BrN4O/c1-2-29-33-27-15-14-23(31)16-26(27)30(36)35(29)32-17-22-19-34(28-13-6-5-12-25(22)28)18-21-10-7-9-20-8-3-4-11-24(20)21/h3-17,19H,2,18H2,1H3. The summed E-state index contributed by atoms with van der Waals surface area (Å²) in [6, 6.07) is 28.7. The molecular weight excluding hydrogens is 512 g/mol. The van der Waals surface area contributed by atoms with Crippen LogP contribution in [0.5, 0.6) is 0 Å². The highest BCUT2D eigenvalue weighted by Gasteiger charge is 2.12. The van der Waals surface area contributed by atoms with Gasteiger partial charge in [0, 0.05) is 40.1 Å². The topological polar surface area (TPSA) is 52.2 Å². The van der Waals surface area contributed by atoms with Crippen molar-refractivity contribution in [3.05, 3.63) is 123 Å². The molecule has 36 heavy (non-hydrogen) atoms. The molecule has 0 aliphatic carbocycles. The average Bonchev–Trinajstić information content (AvgIpc) is 3.26. The maximum absolute atomic E-state index is 13.3. The van der Waals surface area contributed by atoms with Crippen LogP contribution in [-0.2, 0) is 13.0 Å². The van der Waals surface area contributed by atoms with E-state index < -0.39 is 0 Å². The van der Waals surface area contributed by atoms with E-state index in [0.29, 0.717) is 23.1 Å². The van der Waals surface area contributed by atoms with Gasteiger partial charge in [-0.25, -0.2) is 4.98 Å². The van der Waals surface area contributed by atoms with Crippen LogP contribution in [0.2, 0.25) is 0 Å². The number of hydrogen-bond acceptors (Lipinski definition) is 3. The van der Waals surface area contributed by atoms with Gasteiger partial charge in [0.2, 0.25) is 0 Å². The first-order valence-corrected chi connectivity index (χ1v) is 12.7. The van der Waals surface area contributed by atoms with Crippen molar-refractivity contribution in [3.8, 4) is 0 Å². The van der Waals surface area contributed by atoms with Crippen LogP contribution in [-0.4, -0.2) is 20.4 Å². The average molecular weight is 535 g/mol. The van der Waals surface area contributed by atoms with Gasteiger partial charge in [-0.1, -0.05) is 83.5 Å². The number of rotatable bonds is 5. The molecule has 0 spiro atoms. The third-order valence-corrected chi connectivity index (χ3v) is 7.04. The first kappa shape index (κ1) is 22.4. The summed E-state index contributed by atoms with van der Waals surface area (Å²) >= 11 is 3.46. The maximum Gasteiger partial charge on any atom is 0.282 e. The van der Waals surface area contributed by atoms with Crippen LogP contribution in [0.4, 0.5) is 0 Å². The molecule has 6 aromatic rings. The number of fused-ring (bicyclic) bond motifs is 3. The number of nitrogens with zero attached hydrogens (tertiary/aromatic N) is 4. The fourth-order valence-corrected chi connectivity index (χ4v) is 5.15. The second kappa shape index (κ2) is 9.21. The third kappa shape index (κ3) is 3.93. The highest BCUT2D eigenvalue weighted by atomic mass is 79.9. The van der Waals surface area contributed by atoms with Gasteiger partial charge in [-0.2, -0.15) is 9.78 Å². The van der Waals surface area contributed by atoms with Crippen LogP contribution in [0.1, 0.15) is 23.9 Å². The number of aryl methyl sites for hydroxylation is 1. The minimum Gasteiger partial charge on any atom is -0.342 e. The first-order valence-electron chi connectivity index (χ1n) is 11.9. The fourth-order valence-electron chi connectivity index (χ4n) is 4.79. The van der Waals surface area contributed by atoms with Gasteiger partial charge in [-0.05, 0) is 40.6 Å². The fraction of sp³-hybridized carbons (Fsp3) is 0.100. The lowest BCUT2D eigenvalue weighted by Gasteiger charge is -2.09. The van der Waals surface area contributed by atoms with Crippen molar-refractivity contribution in [2.75, 3.05) is 0 Å². The molecule has 6 heteroatoms. The van der Waals surface area contributed by atoms with E-state index in [1.807, 2.05) is 31.2 Å². The lowest BCUT2D eigenvalue weighted by molar-refractivity contribution is 0.734. The molecule has 5 nitrogen and oxygen atoms in total. The van der Waals surface area contributed by atoms with E-state index in [9.17, 15) is 4.79 Å². The van der Waals surface area contributed by atoms with Crippen LogP contribution >= 0.6 is 15.9 Å². The molecule has 0 atom stereocenters. The number of halogens is 1. The van der Waals surface area contributed by atoms with E-state index in [0.717, 1.165) is 27.5 Å². The summed E-state index contributed by atoms with van der Waals surface area (Å²) in [5.41, 5.74) is 3.84. The van der Waals surface area contributed by atoms with Gasteiger partial charge in [0.05, 0.1) is 17.1 Å². The Labute approximate surface area is 216 Å². The van der Waals surface area contributed by atoms with E-state index in [2.05, 4.69) is 91.4 Å². The van der Waals surface area contributed by atoms with E-state index >= 15 is 0 Å². The monoisotopic (exact) mass is 534 g/mol. The Kier molecular flexibility index (Phi) is 5.74. The molecule has 0 amide bonds. The summed E-state index contributed by atoms with van der Waals surface area (Å²) in [7, 11) is 0. The molecular formula is C30H23BrN4O. The van der Waals surface area contributed by atoms with Crippen molar-refractivity contribution < 1.29 is 0 Å². The molecule has 2 aromatic heterocycles. The van der Waals surface area contributed by atoms with E-state index in [1.54, 1.807) is 12.3 Å². The van der Waals surface area contributed by atoms with Crippen molar-refractivity contribution in [3.63, 3.8) is 0 Å². The highest BCUT2D eigenvalue weighted by molar-refractivity contribution is 9.10. The van der Waals surface area contributed by atoms with Crippen molar-refractivity contribution in [2.45, 2.75) is 19.9 Å². The second-order valence-corrected chi connectivity index (χ2v) is 9.69.